The molecule has 0 unspecified atom stereocenters. The van der Waals surface area contributed by atoms with E-state index in [0.29, 0.717) is 22.2 Å². The molecule has 0 spiro atoms. The van der Waals surface area contributed by atoms with E-state index in [-0.39, 0.29) is 11.7 Å². The highest BCUT2D eigenvalue weighted by atomic mass is 19.1. The number of likely N-dealkylation sites (N-methyl/N-ethyl adjacent to an activating group) is 1. The van der Waals surface area contributed by atoms with E-state index in [0.717, 1.165) is 13.1 Å². The van der Waals surface area contributed by atoms with Crippen LogP contribution in [0.5, 0.6) is 0 Å². The summed E-state index contributed by atoms with van der Waals surface area (Å²) in [7, 11) is 3.98. The van der Waals surface area contributed by atoms with E-state index in [1.54, 1.807) is 35.0 Å². The number of carbonyl (C=O) groups excluding carboxylic acids is 1. The number of aromatic nitrogens is 2. The van der Waals surface area contributed by atoms with Gasteiger partial charge in [0.25, 0.3) is 5.91 Å². The number of fused-ring (bicyclic) bond motifs is 1. The highest BCUT2D eigenvalue weighted by molar-refractivity contribution is 6.12. The maximum absolute atomic E-state index is 13.9. The van der Waals surface area contributed by atoms with E-state index in [1.807, 2.05) is 20.3 Å². The van der Waals surface area contributed by atoms with Gasteiger partial charge in [-0.3, -0.25) is 9.48 Å². The molecule has 0 fully saturated rings. The van der Waals surface area contributed by atoms with Gasteiger partial charge >= 0.3 is 0 Å². The summed E-state index contributed by atoms with van der Waals surface area (Å²) in [6.45, 7) is 1.60. The quantitative estimate of drug-likeness (QED) is 0.784. The van der Waals surface area contributed by atoms with Crippen LogP contribution in [0.3, 0.4) is 0 Å². The lowest BCUT2D eigenvalue weighted by molar-refractivity contribution is 0.102. The van der Waals surface area contributed by atoms with E-state index in [1.165, 1.54) is 12.1 Å². The minimum atomic E-state index is -0.338. The lowest BCUT2D eigenvalue weighted by Crippen LogP contribution is -2.19. The molecule has 0 bridgehead atoms. The topological polar surface area (TPSA) is 50.2 Å². The molecule has 5 nitrogen and oxygen atoms in total. The number of hydrogen-bond donors (Lipinski definition) is 1. The first-order valence-electron chi connectivity index (χ1n) is 7.71. The van der Waals surface area contributed by atoms with Crippen LogP contribution in [-0.2, 0) is 6.54 Å². The fraction of sp³-hybridized carbons (Fsp3) is 0.222. The van der Waals surface area contributed by atoms with E-state index in [4.69, 9.17) is 0 Å². The Labute approximate surface area is 139 Å². The molecule has 6 heteroatoms. The monoisotopic (exact) mass is 326 g/mol. The minimum absolute atomic E-state index is 0.302. The van der Waals surface area contributed by atoms with Crippen LogP contribution in [0.25, 0.3) is 10.8 Å². The molecule has 1 heterocycles. The summed E-state index contributed by atoms with van der Waals surface area (Å²) >= 11 is 0. The Hall–Kier alpha value is -2.73. The van der Waals surface area contributed by atoms with Crippen LogP contribution in [0.15, 0.2) is 48.7 Å². The molecular formula is C18H19FN4O. The lowest BCUT2D eigenvalue weighted by Gasteiger charge is -2.09. The van der Waals surface area contributed by atoms with E-state index >= 15 is 0 Å². The van der Waals surface area contributed by atoms with Crippen molar-refractivity contribution in [2.45, 2.75) is 6.54 Å². The summed E-state index contributed by atoms with van der Waals surface area (Å²) in [6, 6.07) is 11.5. The zero-order chi connectivity index (χ0) is 17.1. The number of nitrogens with zero attached hydrogens (tertiary/aromatic N) is 3. The molecule has 0 saturated heterocycles. The summed E-state index contributed by atoms with van der Waals surface area (Å²) in [4.78, 5) is 14.6. The van der Waals surface area contributed by atoms with Gasteiger partial charge in [0.1, 0.15) is 5.82 Å². The predicted octanol–water partition coefficient (Wildman–Crippen LogP) is 2.99. The van der Waals surface area contributed by atoms with Gasteiger partial charge < -0.3 is 10.2 Å². The van der Waals surface area contributed by atoms with Crippen molar-refractivity contribution in [2.24, 2.45) is 0 Å². The number of halogens is 1. The predicted molar refractivity (Wildman–Crippen MR) is 92.6 cm³/mol. The molecule has 0 aliphatic heterocycles. The third kappa shape index (κ3) is 3.44. The van der Waals surface area contributed by atoms with Crippen molar-refractivity contribution in [1.82, 2.24) is 14.7 Å². The largest absolute Gasteiger partial charge is 0.308 e. The second-order valence-electron chi connectivity index (χ2n) is 5.86. The maximum atomic E-state index is 13.9. The fourth-order valence-corrected chi connectivity index (χ4v) is 2.50. The average molecular weight is 326 g/mol. The van der Waals surface area contributed by atoms with Crippen LogP contribution in [0.2, 0.25) is 0 Å². The Bertz CT molecular complexity index is 872. The molecule has 1 amide bonds. The highest BCUT2D eigenvalue weighted by Gasteiger charge is 2.13. The number of nitrogens with one attached hydrogen (secondary N) is 1. The van der Waals surface area contributed by atoms with Gasteiger partial charge in [0.2, 0.25) is 0 Å². The molecule has 3 rings (SSSR count). The van der Waals surface area contributed by atoms with Crippen LogP contribution in [0.1, 0.15) is 10.4 Å². The Morgan fingerprint density at radius 1 is 1.17 bits per heavy atom. The zero-order valence-electron chi connectivity index (χ0n) is 13.7. The van der Waals surface area contributed by atoms with E-state index in [2.05, 4.69) is 15.3 Å². The number of anilines is 1. The molecule has 0 radical (unpaired) electrons. The Morgan fingerprint density at radius 3 is 2.67 bits per heavy atom. The Morgan fingerprint density at radius 2 is 1.92 bits per heavy atom. The molecule has 3 aromatic rings. The van der Waals surface area contributed by atoms with Crippen LogP contribution in [0, 0.1) is 5.82 Å². The number of amides is 1. The van der Waals surface area contributed by atoms with Crippen molar-refractivity contribution in [2.75, 3.05) is 26.0 Å². The summed E-state index contributed by atoms with van der Waals surface area (Å²) in [5.41, 5.74) is 0.426. The van der Waals surface area contributed by atoms with Crippen molar-refractivity contribution in [3.8, 4) is 0 Å². The van der Waals surface area contributed by atoms with Gasteiger partial charge in [-0.2, -0.15) is 5.10 Å². The summed E-state index contributed by atoms with van der Waals surface area (Å²) < 4.78 is 15.6. The van der Waals surface area contributed by atoms with Gasteiger partial charge in [0.05, 0.1) is 6.54 Å². The molecule has 0 aliphatic rings. The van der Waals surface area contributed by atoms with Gasteiger partial charge in [0, 0.05) is 29.8 Å². The second-order valence-corrected chi connectivity index (χ2v) is 5.86. The summed E-state index contributed by atoms with van der Waals surface area (Å²) in [5.74, 6) is -0.161. The van der Waals surface area contributed by atoms with E-state index < -0.39 is 0 Å². The highest BCUT2D eigenvalue weighted by Crippen LogP contribution is 2.22. The number of benzene rings is 2. The summed E-state index contributed by atoms with van der Waals surface area (Å²) in [6.07, 6.45) is 1.82. The van der Waals surface area contributed by atoms with E-state index in [9.17, 15) is 9.18 Å². The molecular weight excluding hydrogens is 307 g/mol. The van der Waals surface area contributed by atoms with Crippen molar-refractivity contribution < 1.29 is 9.18 Å². The molecule has 0 aliphatic carbocycles. The average Bonchev–Trinajstić information content (AvgIpc) is 3.01. The lowest BCUT2D eigenvalue weighted by atomic mass is 10.0. The Balaban J connectivity index is 1.80. The zero-order valence-corrected chi connectivity index (χ0v) is 13.7. The maximum Gasteiger partial charge on any atom is 0.257 e. The van der Waals surface area contributed by atoms with Crippen LogP contribution >= 0.6 is 0 Å². The first kappa shape index (κ1) is 16.1. The standard InChI is InChI=1S/C18H19FN4O/c1-22(2)11-12-23-10-9-17(21-23)20-18(24)15-7-8-16(19)14-6-4-3-5-13(14)15/h3-10H,11-12H2,1-2H3,(H,20,21,24). The molecule has 2 aromatic carbocycles. The molecule has 24 heavy (non-hydrogen) atoms. The second kappa shape index (κ2) is 6.80. The number of rotatable bonds is 5. The SMILES string of the molecule is CN(C)CCn1ccc(NC(=O)c2ccc(F)c3ccccc23)n1. The van der Waals surface area contributed by atoms with Crippen molar-refractivity contribution in [3.05, 3.63) is 60.0 Å². The smallest absolute Gasteiger partial charge is 0.257 e. The van der Waals surface area contributed by atoms with Gasteiger partial charge in [-0.05, 0) is 31.6 Å². The van der Waals surface area contributed by atoms with Crippen LogP contribution < -0.4 is 5.32 Å². The number of hydrogen-bond acceptors (Lipinski definition) is 3. The third-order valence-electron chi connectivity index (χ3n) is 3.77. The molecule has 1 N–H and O–H groups in total. The van der Waals surface area contributed by atoms with Gasteiger partial charge in [-0.25, -0.2) is 4.39 Å². The molecule has 0 saturated carbocycles. The molecule has 1 aromatic heterocycles. The normalized spacial score (nSPS) is 11.2. The van der Waals surface area contributed by atoms with Crippen molar-refractivity contribution in [1.29, 1.82) is 0 Å². The Kier molecular flexibility index (Phi) is 4.57. The molecule has 124 valence electrons. The minimum Gasteiger partial charge on any atom is -0.308 e. The number of carbonyl (C=O) groups is 1. The third-order valence-corrected chi connectivity index (χ3v) is 3.77. The van der Waals surface area contributed by atoms with Crippen molar-refractivity contribution in [3.63, 3.8) is 0 Å². The van der Waals surface area contributed by atoms with Crippen LogP contribution in [0.4, 0.5) is 10.2 Å². The fourth-order valence-electron chi connectivity index (χ4n) is 2.50. The van der Waals surface area contributed by atoms with Crippen LogP contribution in [-0.4, -0.2) is 41.2 Å². The molecule has 0 atom stereocenters. The van der Waals surface area contributed by atoms with Gasteiger partial charge in [-0.15, -0.1) is 0 Å². The van der Waals surface area contributed by atoms with Gasteiger partial charge in [0.15, 0.2) is 5.82 Å². The first-order chi connectivity index (χ1) is 11.5. The van der Waals surface area contributed by atoms with Crippen molar-refractivity contribution >= 4 is 22.5 Å². The van der Waals surface area contributed by atoms with Gasteiger partial charge in [-0.1, -0.05) is 24.3 Å². The summed E-state index contributed by atoms with van der Waals surface area (Å²) in [5, 5.41) is 8.12. The first-order valence-corrected chi connectivity index (χ1v) is 7.71.